The number of hydrogen-bond donors (Lipinski definition) is 0. The molecule has 0 fully saturated rings. The molecule has 0 nitrogen and oxygen atoms in total. The maximum absolute atomic E-state index is 5.65. The topological polar surface area (TPSA) is 0 Å². The van der Waals surface area contributed by atoms with E-state index in [1.54, 1.807) is 11.8 Å². The van der Waals surface area contributed by atoms with Crippen LogP contribution in [0.2, 0.25) is 5.02 Å². The van der Waals surface area contributed by atoms with Crippen LogP contribution < -0.4 is 0 Å². The van der Waals surface area contributed by atoms with E-state index in [9.17, 15) is 0 Å². The first-order valence-corrected chi connectivity index (χ1v) is 4.14. The molecular weight excluding hydrogens is 152 g/mol. The second kappa shape index (κ2) is 3.14. The number of benzene rings is 1. The number of rotatable bonds is 1. The van der Waals surface area contributed by atoms with Crippen molar-refractivity contribution in [1.82, 2.24) is 0 Å². The van der Waals surface area contributed by atoms with Crippen LogP contribution in [0.3, 0.4) is 0 Å². The van der Waals surface area contributed by atoms with Gasteiger partial charge in [-0.1, -0.05) is 17.7 Å². The van der Waals surface area contributed by atoms with E-state index in [2.05, 4.69) is 6.07 Å². The molecule has 0 saturated carbocycles. The van der Waals surface area contributed by atoms with Gasteiger partial charge in [0.1, 0.15) is 0 Å². The molecule has 0 heterocycles. The summed E-state index contributed by atoms with van der Waals surface area (Å²) in [7, 11) is 0. The molecule has 0 unspecified atom stereocenters. The molecule has 0 saturated heterocycles. The highest BCUT2D eigenvalue weighted by Crippen LogP contribution is 2.17. The summed E-state index contributed by atoms with van der Waals surface area (Å²) in [6, 6.07) is 8.56. The van der Waals surface area contributed by atoms with Gasteiger partial charge in [0.05, 0.1) is 0 Å². The number of hydrogen-bond acceptors (Lipinski definition) is 1. The Morgan fingerprint density at radius 2 is 2.44 bits per heavy atom. The Morgan fingerprint density at radius 1 is 1.67 bits per heavy atom. The van der Waals surface area contributed by atoms with Crippen LogP contribution in [0.1, 0.15) is 0 Å². The largest absolute Gasteiger partial charge is 0.130 e. The molecule has 1 radical (unpaired) electrons. The molecule has 0 spiro atoms. The fraction of sp³-hybridized carbons (Fsp3) is 0.143. The number of thioether (sulfide) groups is 1. The monoisotopic (exact) mass is 157 g/mol. The van der Waals surface area contributed by atoms with Gasteiger partial charge in [-0.15, -0.1) is 11.8 Å². The molecule has 1 rings (SSSR count). The van der Waals surface area contributed by atoms with Gasteiger partial charge in [-0.2, -0.15) is 0 Å². The third-order valence-electron chi connectivity index (χ3n) is 0.974. The van der Waals surface area contributed by atoms with Crippen LogP contribution >= 0.6 is 23.4 Å². The molecule has 0 aliphatic heterocycles. The summed E-state index contributed by atoms with van der Waals surface area (Å²) in [6.07, 6.45) is 2.02. The van der Waals surface area contributed by atoms with E-state index in [0.29, 0.717) is 5.02 Å². The van der Waals surface area contributed by atoms with Crippen molar-refractivity contribution in [2.75, 3.05) is 6.26 Å². The first-order valence-electron chi connectivity index (χ1n) is 2.54. The molecule has 0 N–H and O–H groups in total. The fourth-order valence-corrected chi connectivity index (χ4v) is 1.23. The van der Waals surface area contributed by atoms with Gasteiger partial charge >= 0.3 is 0 Å². The average Bonchev–Trinajstić information content (AvgIpc) is 1.88. The lowest BCUT2D eigenvalue weighted by molar-refractivity contribution is 1.46. The zero-order valence-electron chi connectivity index (χ0n) is 5.02. The highest BCUT2D eigenvalue weighted by atomic mass is 35.5. The van der Waals surface area contributed by atoms with E-state index in [1.807, 2.05) is 24.5 Å². The molecule has 0 aromatic heterocycles. The molecule has 47 valence electrons. The summed E-state index contributed by atoms with van der Waals surface area (Å²) in [5.74, 6) is 0. The lowest BCUT2D eigenvalue weighted by Crippen LogP contribution is -1.67. The predicted molar refractivity (Wildman–Crippen MR) is 42.1 cm³/mol. The van der Waals surface area contributed by atoms with Crippen LogP contribution in [0.15, 0.2) is 23.1 Å². The Balaban J connectivity index is 2.94. The van der Waals surface area contributed by atoms with Crippen molar-refractivity contribution < 1.29 is 0 Å². The van der Waals surface area contributed by atoms with Gasteiger partial charge in [0.15, 0.2) is 0 Å². The summed E-state index contributed by atoms with van der Waals surface area (Å²) >= 11 is 7.33. The van der Waals surface area contributed by atoms with Crippen LogP contribution in [0.25, 0.3) is 0 Å². The van der Waals surface area contributed by atoms with E-state index in [-0.39, 0.29) is 0 Å². The standard InChI is InChI=1S/C7H6ClS/c1-9-7-4-2-3-6(8)5-7/h2,4-5H,1H3. The Hall–Kier alpha value is -0.140. The highest BCUT2D eigenvalue weighted by Gasteiger charge is 1.88. The third-order valence-corrected chi connectivity index (χ3v) is 1.92. The minimum Gasteiger partial charge on any atom is -0.130 e. The Morgan fingerprint density at radius 3 is 2.89 bits per heavy atom. The van der Waals surface area contributed by atoms with Gasteiger partial charge in [-0.05, 0) is 18.4 Å². The first kappa shape index (κ1) is 6.97. The van der Waals surface area contributed by atoms with Crippen LogP contribution in [0.4, 0.5) is 0 Å². The maximum atomic E-state index is 5.65. The van der Waals surface area contributed by atoms with Crippen molar-refractivity contribution in [3.05, 3.63) is 29.3 Å². The maximum Gasteiger partial charge on any atom is 0.0496 e. The first-order chi connectivity index (χ1) is 4.33. The summed E-state index contributed by atoms with van der Waals surface area (Å²) in [4.78, 5) is 1.18. The van der Waals surface area contributed by atoms with Gasteiger partial charge < -0.3 is 0 Å². The quantitative estimate of drug-likeness (QED) is 0.565. The SMILES string of the molecule is CSc1cc[c]c(Cl)c1. The molecule has 1 aromatic rings. The highest BCUT2D eigenvalue weighted by molar-refractivity contribution is 7.98. The Kier molecular flexibility index (Phi) is 2.43. The summed E-state index contributed by atoms with van der Waals surface area (Å²) in [5.41, 5.74) is 0. The fourth-order valence-electron chi connectivity index (χ4n) is 0.545. The second-order valence-electron chi connectivity index (χ2n) is 1.58. The normalized spacial score (nSPS) is 9.56. The summed E-state index contributed by atoms with van der Waals surface area (Å²) in [6.45, 7) is 0. The van der Waals surface area contributed by atoms with Crippen molar-refractivity contribution >= 4 is 23.4 Å². The molecule has 2 heteroatoms. The van der Waals surface area contributed by atoms with Crippen LogP contribution in [-0.2, 0) is 0 Å². The van der Waals surface area contributed by atoms with Gasteiger partial charge in [0.25, 0.3) is 0 Å². The molecule has 1 aromatic carbocycles. The lowest BCUT2D eigenvalue weighted by atomic mass is 10.4. The predicted octanol–water partition coefficient (Wildman–Crippen LogP) is 2.86. The summed E-state index contributed by atoms with van der Waals surface area (Å²) in [5, 5.41) is 0.682. The smallest absolute Gasteiger partial charge is 0.0496 e. The second-order valence-corrected chi connectivity index (χ2v) is 2.86. The molecule has 0 amide bonds. The minimum absolute atomic E-state index is 0.682. The molecule has 0 bridgehead atoms. The van der Waals surface area contributed by atoms with Gasteiger partial charge in [-0.3, -0.25) is 0 Å². The Labute approximate surface area is 64.2 Å². The lowest BCUT2D eigenvalue weighted by Gasteiger charge is -1.92. The van der Waals surface area contributed by atoms with Crippen molar-refractivity contribution in [1.29, 1.82) is 0 Å². The van der Waals surface area contributed by atoms with E-state index < -0.39 is 0 Å². The van der Waals surface area contributed by atoms with E-state index in [4.69, 9.17) is 11.6 Å². The zero-order chi connectivity index (χ0) is 6.69. The van der Waals surface area contributed by atoms with Crippen molar-refractivity contribution in [3.8, 4) is 0 Å². The van der Waals surface area contributed by atoms with Crippen molar-refractivity contribution in [2.24, 2.45) is 0 Å². The van der Waals surface area contributed by atoms with Crippen LogP contribution in [0, 0.1) is 6.07 Å². The van der Waals surface area contributed by atoms with Crippen LogP contribution in [-0.4, -0.2) is 6.26 Å². The van der Waals surface area contributed by atoms with Crippen molar-refractivity contribution in [2.45, 2.75) is 4.90 Å². The van der Waals surface area contributed by atoms with Gasteiger partial charge in [-0.25, -0.2) is 0 Å². The van der Waals surface area contributed by atoms with Gasteiger partial charge in [0.2, 0.25) is 0 Å². The van der Waals surface area contributed by atoms with E-state index >= 15 is 0 Å². The van der Waals surface area contributed by atoms with Crippen molar-refractivity contribution in [3.63, 3.8) is 0 Å². The summed E-state index contributed by atoms with van der Waals surface area (Å²) < 4.78 is 0. The average molecular weight is 158 g/mol. The minimum atomic E-state index is 0.682. The molecule has 0 aliphatic carbocycles. The molecule has 9 heavy (non-hydrogen) atoms. The third kappa shape index (κ3) is 1.92. The Bertz CT molecular complexity index is 198. The van der Waals surface area contributed by atoms with E-state index in [1.165, 1.54) is 4.90 Å². The van der Waals surface area contributed by atoms with Gasteiger partial charge in [0, 0.05) is 16.0 Å². The molecule has 0 aliphatic rings. The zero-order valence-corrected chi connectivity index (χ0v) is 6.59. The number of halogens is 1. The molecular formula is C7H6ClS. The molecule has 0 atom stereocenters. The van der Waals surface area contributed by atoms with E-state index in [0.717, 1.165) is 0 Å². The van der Waals surface area contributed by atoms with Crippen LogP contribution in [0.5, 0.6) is 0 Å².